The van der Waals surface area contributed by atoms with Gasteiger partial charge in [0.25, 0.3) is 0 Å². The predicted octanol–water partition coefficient (Wildman–Crippen LogP) is 7.04. The van der Waals surface area contributed by atoms with Crippen LogP contribution in [0.5, 0.6) is 0 Å². The van der Waals surface area contributed by atoms with Crippen molar-refractivity contribution in [1.82, 2.24) is 15.0 Å². The maximum Gasteiger partial charge on any atom is 0.160 e. The number of nitriles is 1. The van der Waals surface area contributed by atoms with Gasteiger partial charge in [-0.05, 0) is 50.7 Å². The summed E-state index contributed by atoms with van der Waals surface area (Å²) in [4.78, 5) is 17.7. The molecule has 1 N–H and O–H groups in total. The van der Waals surface area contributed by atoms with Crippen LogP contribution in [0.4, 0.5) is 11.5 Å². The first-order chi connectivity index (χ1) is 20.1. The Balaban J connectivity index is 1.14. The number of aromatic nitrogens is 3. The minimum Gasteiger partial charge on any atom is -0.370 e. The second kappa shape index (κ2) is 14.4. The standard InChI is InChI=1S/C32H43ClN6O2/c1-3-5-17-40-32(41-18-6-4-2)24-11-15-39(16-12-24)29-22-35-27(21-36-29)23-9-13-38(14-10-23)28-8-7-26(33)30-25(19-34)20-37-31(28)30/h7-8,20-24,32,37H,3-6,9-18H2,1-2H3. The van der Waals surface area contributed by atoms with Gasteiger partial charge < -0.3 is 24.3 Å². The van der Waals surface area contributed by atoms with Crippen LogP contribution in [0, 0.1) is 17.2 Å². The second-order valence-corrected chi connectivity index (χ2v) is 11.7. The summed E-state index contributed by atoms with van der Waals surface area (Å²) >= 11 is 6.41. The monoisotopic (exact) mass is 578 g/mol. The summed E-state index contributed by atoms with van der Waals surface area (Å²) in [5, 5.41) is 10.9. The summed E-state index contributed by atoms with van der Waals surface area (Å²) in [6.07, 6.45) is 14.1. The topological polar surface area (TPSA) is 90.3 Å². The van der Waals surface area contributed by atoms with Crippen molar-refractivity contribution in [2.75, 3.05) is 49.2 Å². The van der Waals surface area contributed by atoms with Crippen molar-refractivity contribution in [1.29, 1.82) is 5.26 Å². The van der Waals surface area contributed by atoms with Crippen LogP contribution in [-0.2, 0) is 9.47 Å². The van der Waals surface area contributed by atoms with Crippen molar-refractivity contribution >= 4 is 34.0 Å². The molecule has 0 bridgehead atoms. The molecular formula is C32H43ClN6O2. The highest BCUT2D eigenvalue weighted by atomic mass is 35.5. The number of ether oxygens (including phenoxy) is 2. The van der Waals surface area contributed by atoms with Crippen LogP contribution in [0.25, 0.3) is 10.9 Å². The number of halogens is 1. The lowest BCUT2D eigenvalue weighted by molar-refractivity contribution is -0.177. The molecule has 0 saturated carbocycles. The van der Waals surface area contributed by atoms with E-state index in [2.05, 4.69) is 40.8 Å². The van der Waals surface area contributed by atoms with Crippen molar-refractivity contribution in [3.05, 3.63) is 47.0 Å². The van der Waals surface area contributed by atoms with E-state index in [1.54, 1.807) is 6.20 Å². The van der Waals surface area contributed by atoms with Gasteiger partial charge >= 0.3 is 0 Å². The minimum absolute atomic E-state index is 0.0936. The first-order valence-electron chi connectivity index (χ1n) is 15.4. The molecule has 41 heavy (non-hydrogen) atoms. The molecule has 1 aromatic carbocycles. The fraction of sp³-hybridized carbons (Fsp3) is 0.594. The number of benzene rings is 1. The molecule has 220 valence electrons. The molecule has 3 aromatic rings. The first kappa shape index (κ1) is 29.6. The van der Waals surface area contributed by atoms with Gasteiger partial charge in [-0.1, -0.05) is 38.3 Å². The van der Waals surface area contributed by atoms with Crippen LogP contribution in [0.1, 0.15) is 82.4 Å². The third-order valence-electron chi connectivity index (χ3n) is 8.60. The number of hydrogen-bond acceptors (Lipinski definition) is 7. The van der Waals surface area contributed by atoms with Gasteiger partial charge in [-0.25, -0.2) is 4.98 Å². The Labute approximate surface area is 249 Å². The zero-order valence-corrected chi connectivity index (χ0v) is 25.2. The van der Waals surface area contributed by atoms with Gasteiger partial charge in [0.1, 0.15) is 11.9 Å². The Bertz CT molecular complexity index is 1280. The highest BCUT2D eigenvalue weighted by molar-refractivity contribution is 6.36. The number of unbranched alkanes of at least 4 members (excludes halogenated alkanes) is 2. The molecule has 2 fully saturated rings. The normalized spacial score (nSPS) is 17.0. The van der Waals surface area contributed by atoms with Gasteiger partial charge in [0, 0.05) is 62.8 Å². The van der Waals surface area contributed by atoms with Gasteiger partial charge in [0.05, 0.1) is 39.9 Å². The number of rotatable bonds is 12. The second-order valence-electron chi connectivity index (χ2n) is 11.3. The third kappa shape index (κ3) is 6.97. The fourth-order valence-corrected chi connectivity index (χ4v) is 6.33. The Morgan fingerprint density at radius 2 is 1.66 bits per heavy atom. The molecule has 0 radical (unpaired) electrons. The summed E-state index contributed by atoms with van der Waals surface area (Å²) in [5.74, 6) is 1.78. The van der Waals surface area contributed by atoms with Crippen LogP contribution >= 0.6 is 11.6 Å². The lowest BCUT2D eigenvalue weighted by Gasteiger charge is -2.36. The molecule has 0 aliphatic carbocycles. The Morgan fingerprint density at radius 3 is 2.27 bits per heavy atom. The van der Waals surface area contributed by atoms with Crippen LogP contribution < -0.4 is 9.80 Å². The highest BCUT2D eigenvalue weighted by Gasteiger charge is 2.29. The first-order valence-corrected chi connectivity index (χ1v) is 15.7. The van der Waals surface area contributed by atoms with E-state index in [-0.39, 0.29) is 6.29 Å². The molecule has 0 unspecified atom stereocenters. The van der Waals surface area contributed by atoms with Crippen LogP contribution in [0.3, 0.4) is 0 Å². The molecule has 0 atom stereocenters. The molecule has 4 heterocycles. The summed E-state index contributed by atoms with van der Waals surface area (Å²) in [6, 6.07) is 6.19. The molecule has 0 spiro atoms. The Hall–Kier alpha value is -2.86. The Kier molecular flexibility index (Phi) is 10.4. The number of nitrogens with one attached hydrogen (secondary N) is 1. The van der Waals surface area contributed by atoms with Crippen molar-refractivity contribution in [2.24, 2.45) is 5.92 Å². The molecule has 2 aromatic heterocycles. The maximum absolute atomic E-state index is 9.45. The summed E-state index contributed by atoms with van der Waals surface area (Å²) in [5.41, 5.74) is 3.70. The lowest BCUT2D eigenvalue weighted by atomic mass is 9.93. The molecule has 9 heteroatoms. The molecular weight excluding hydrogens is 536 g/mol. The molecule has 2 aliphatic rings. The SMILES string of the molecule is CCCCOC(OCCCC)C1CCN(c2cnc(C3CCN(c4ccc(Cl)c5c(C#N)c[nH]c45)CC3)cn2)CC1. The van der Waals surface area contributed by atoms with Crippen LogP contribution in [-0.4, -0.2) is 60.6 Å². The number of anilines is 2. The van der Waals surface area contributed by atoms with E-state index in [1.165, 1.54) is 0 Å². The number of hydrogen-bond donors (Lipinski definition) is 1. The molecule has 8 nitrogen and oxygen atoms in total. The van der Waals surface area contributed by atoms with Gasteiger partial charge in [-0.3, -0.25) is 4.98 Å². The van der Waals surface area contributed by atoms with Gasteiger partial charge in [-0.15, -0.1) is 0 Å². The van der Waals surface area contributed by atoms with Crippen LogP contribution in [0.15, 0.2) is 30.7 Å². The number of piperidine rings is 2. The van der Waals surface area contributed by atoms with Crippen molar-refractivity contribution in [3.63, 3.8) is 0 Å². The van der Waals surface area contributed by atoms with Gasteiger partial charge in [-0.2, -0.15) is 5.26 Å². The molecule has 5 rings (SSSR count). The minimum atomic E-state index is -0.0936. The predicted molar refractivity (Wildman–Crippen MR) is 165 cm³/mol. The van der Waals surface area contributed by atoms with E-state index >= 15 is 0 Å². The smallest absolute Gasteiger partial charge is 0.160 e. The third-order valence-corrected chi connectivity index (χ3v) is 8.92. The maximum atomic E-state index is 9.45. The summed E-state index contributed by atoms with van der Waals surface area (Å²) in [7, 11) is 0. The van der Waals surface area contributed by atoms with E-state index in [1.807, 2.05) is 18.5 Å². The number of H-pyrrole nitrogens is 1. The van der Waals surface area contributed by atoms with Gasteiger partial charge in [0.15, 0.2) is 6.29 Å². The van der Waals surface area contributed by atoms with Crippen molar-refractivity contribution in [2.45, 2.75) is 77.4 Å². The highest BCUT2D eigenvalue weighted by Crippen LogP contribution is 2.37. The van der Waals surface area contributed by atoms with Gasteiger partial charge in [0.2, 0.25) is 0 Å². The van der Waals surface area contributed by atoms with Crippen molar-refractivity contribution < 1.29 is 9.47 Å². The van der Waals surface area contributed by atoms with E-state index in [9.17, 15) is 5.26 Å². The number of aromatic amines is 1. The Morgan fingerprint density at radius 1 is 0.976 bits per heavy atom. The van der Waals surface area contributed by atoms with E-state index in [0.29, 0.717) is 22.4 Å². The molecule has 2 aliphatic heterocycles. The van der Waals surface area contributed by atoms with E-state index in [0.717, 1.165) is 119 Å². The fourth-order valence-electron chi connectivity index (χ4n) is 6.07. The summed E-state index contributed by atoms with van der Waals surface area (Å²) < 4.78 is 12.3. The number of nitrogens with zero attached hydrogens (tertiary/aromatic N) is 5. The van der Waals surface area contributed by atoms with Crippen LogP contribution in [0.2, 0.25) is 5.02 Å². The quantitative estimate of drug-likeness (QED) is 0.182. The largest absolute Gasteiger partial charge is 0.370 e. The zero-order valence-electron chi connectivity index (χ0n) is 24.4. The molecule has 0 amide bonds. The zero-order chi connectivity index (χ0) is 28.6. The summed E-state index contributed by atoms with van der Waals surface area (Å²) in [6.45, 7) is 9.67. The van der Waals surface area contributed by atoms with Crippen molar-refractivity contribution in [3.8, 4) is 6.07 Å². The molecule has 2 saturated heterocycles. The number of fused-ring (bicyclic) bond motifs is 1. The van der Waals surface area contributed by atoms with E-state index in [4.69, 9.17) is 31.0 Å². The average Bonchev–Trinajstić information content (AvgIpc) is 3.46. The van der Waals surface area contributed by atoms with E-state index < -0.39 is 0 Å². The average molecular weight is 579 g/mol. The lowest BCUT2D eigenvalue weighted by Crippen LogP contribution is -2.40.